The number of rotatable bonds is 1. The molecule has 5 heteroatoms. The second-order valence-corrected chi connectivity index (χ2v) is 5.08. The van der Waals surface area contributed by atoms with E-state index in [1.165, 1.54) is 0 Å². The van der Waals surface area contributed by atoms with E-state index in [0.717, 1.165) is 10.3 Å². The highest BCUT2D eigenvalue weighted by Gasteiger charge is 2.37. The highest BCUT2D eigenvalue weighted by molar-refractivity contribution is 6.34. The zero-order valence-electron chi connectivity index (χ0n) is 11.5. The first kappa shape index (κ1) is 12.5. The molecule has 1 aromatic heterocycles. The first-order valence-electron chi connectivity index (χ1n) is 6.80. The average Bonchev–Trinajstić information content (AvgIpc) is 2.80. The molecule has 0 saturated carbocycles. The molecule has 2 N–H and O–H groups in total. The van der Waals surface area contributed by atoms with E-state index in [1.807, 2.05) is 12.1 Å². The molecule has 2 heterocycles. The van der Waals surface area contributed by atoms with Gasteiger partial charge in [-0.1, -0.05) is 24.3 Å². The SMILES string of the molecule is Nc1cccc2ccc(N3C(=O)c4ccccc4C3=O)nc12. The van der Waals surface area contributed by atoms with Gasteiger partial charge < -0.3 is 5.73 Å². The minimum Gasteiger partial charge on any atom is -0.397 e. The van der Waals surface area contributed by atoms with E-state index in [-0.39, 0.29) is 17.6 Å². The number of pyridine rings is 1. The average molecular weight is 289 g/mol. The van der Waals surface area contributed by atoms with Gasteiger partial charge in [0.25, 0.3) is 11.8 Å². The number of hydrogen-bond acceptors (Lipinski definition) is 4. The number of carbonyl (C=O) groups excluding carboxylic acids is 2. The Kier molecular flexibility index (Phi) is 2.50. The van der Waals surface area contributed by atoms with Crippen LogP contribution in [0.15, 0.2) is 54.6 Å². The van der Waals surface area contributed by atoms with Crippen LogP contribution >= 0.6 is 0 Å². The number of benzene rings is 2. The van der Waals surface area contributed by atoms with Gasteiger partial charge in [0.15, 0.2) is 0 Å². The lowest BCUT2D eigenvalue weighted by Gasteiger charge is -2.13. The van der Waals surface area contributed by atoms with Crippen molar-refractivity contribution in [2.24, 2.45) is 0 Å². The number of amides is 2. The maximum atomic E-state index is 12.5. The molecular formula is C17H11N3O2. The standard InChI is InChI=1S/C17H11N3O2/c18-13-7-3-4-10-8-9-14(19-15(10)13)20-16(21)11-5-1-2-6-12(11)17(20)22/h1-9H,18H2. The zero-order valence-corrected chi connectivity index (χ0v) is 11.5. The van der Waals surface area contributed by atoms with Crippen LogP contribution in [-0.4, -0.2) is 16.8 Å². The molecular weight excluding hydrogens is 278 g/mol. The van der Waals surface area contributed by atoms with E-state index < -0.39 is 0 Å². The number of nitrogen functional groups attached to an aromatic ring is 1. The number of nitrogens with two attached hydrogens (primary N) is 1. The predicted molar refractivity (Wildman–Crippen MR) is 83.7 cm³/mol. The van der Waals surface area contributed by atoms with Gasteiger partial charge in [-0.3, -0.25) is 9.59 Å². The maximum Gasteiger partial charge on any atom is 0.267 e. The highest BCUT2D eigenvalue weighted by atomic mass is 16.2. The summed E-state index contributed by atoms with van der Waals surface area (Å²) < 4.78 is 0. The van der Waals surface area contributed by atoms with Crippen molar-refractivity contribution in [3.8, 4) is 0 Å². The summed E-state index contributed by atoms with van der Waals surface area (Å²) in [5, 5.41) is 0.861. The topological polar surface area (TPSA) is 76.3 Å². The molecule has 0 saturated heterocycles. The third-order valence-electron chi connectivity index (χ3n) is 3.76. The fraction of sp³-hybridized carbons (Fsp3) is 0. The van der Waals surface area contributed by atoms with Gasteiger partial charge in [-0.05, 0) is 30.3 Å². The molecule has 0 fully saturated rings. The number of aromatic nitrogens is 1. The number of imide groups is 1. The Morgan fingerprint density at radius 2 is 1.50 bits per heavy atom. The quantitative estimate of drug-likeness (QED) is 0.552. The fourth-order valence-electron chi connectivity index (χ4n) is 2.68. The molecule has 22 heavy (non-hydrogen) atoms. The minimum absolute atomic E-state index is 0.289. The van der Waals surface area contributed by atoms with Crippen LogP contribution in [0.5, 0.6) is 0 Å². The van der Waals surface area contributed by atoms with Crippen molar-refractivity contribution in [2.45, 2.75) is 0 Å². The molecule has 106 valence electrons. The number of carbonyl (C=O) groups is 2. The molecule has 0 radical (unpaired) electrons. The van der Waals surface area contributed by atoms with Gasteiger partial charge in [-0.2, -0.15) is 0 Å². The Morgan fingerprint density at radius 3 is 2.18 bits per heavy atom. The van der Waals surface area contributed by atoms with Crippen LogP contribution in [0.2, 0.25) is 0 Å². The van der Waals surface area contributed by atoms with Gasteiger partial charge in [-0.15, -0.1) is 0 Å². The van der Waals surface area contributed by atoms with Crippen LogP contribution in [0.25, 0.3) is 10.9 Å². The zero-order chi connectivity index (χ0) is 15.3. The van der Waals surface area contributed by atoms with Gasteiger partial charge in [0, 0.05) is 5.39 Å². The van der Waals surface area contributed by atoms with Crippen LogP contribution in [0.3, 0.4) is 0 Å². The van der Waals surface area contributed by atoms with Crippen molar-refractivity contribution in [2.75, 3.05) is 10.6 Å². The largest absolute Gasteiger partial charge is 0.397 e. The predicted octanol–water partition coefficient (Wildman–Crippen LogP) is 2.62. The molecule has 0 aliphatic carbocycles. The summed E-state index contributed by atoms with van der Waals surface area (Å²) in [4.78, 5) is 30.4. The van der Waals surface area contributed by atoms with Crippen molar-refractivity contribution in [1.82, 2.24) is 4.98 Å². The molecule has 4 rings (SSSR count). The molecule has 0 bridgehead atoms. The van der Waals surface area contributed by atoms with E-state index in [4.69, 9.17) is 5.73 Å². The van der Waals surface area contributed by atoms with E-state index in [9.17, 15) is 9.59 Å². The normalized spacial score (nSPS) is 13.7. The lowest BCUT2D eigenvalue weighted by Crippen LogP contribution is -2.30. The van der Waals surface area contributed by atoms with Crippen LogP contribution in [0, 0.1) is 0 Å². The van der Waals surface area contributed by atoms with Crippen molar-refractivity contribution >= 4 is 34.2 Å². The van der Waals surface area contributed by atoms with Gasteiger partial charge >= 0.3 is 0 Å². The first-order valence-corrected chi connectivity index (χ1v) is 6.80. The Labute approximate surface area is 126 Å². The van der Waals surface area contributed by atoms with E-state index in [0.29, 0.717) is 22.3 Å². The van der Waals surface area contributed by atoms with Crippen LogP contribution in [0.1, 0.15) is 20.7 Å². The molecule has 2 aromatic carbocycles. The van der Waals surface area contributed by atoms with Crippen molar-refractivity contribution in [3.63, 3.8) is 0 Å². The summed E-state index contributed by atoms with van der Waals surface area (Å²) in [5.41, 5.74) is 7.81. The maximum absolute atomic E-state index is 12.5. The minimum atomic E-state index is -0.359. The summed E-state index contributed by atoms with van der Waals surface area (Å²) in [7, 11) is 0. The van der Waals surface area contributed by atoms with Crippen LogP contribution in [0.4, 0.5) is 11.5 Å². The molecule has 2 amide bonds. The van der Waals surface area contributed by atoms with Crippen molar-refractivity contribution in [1.29, 1.82) is 0 Å². The van der Waals surface area contributed by atoms with Gasteiger partial charge in [-0.25, -0.2) is 9.88 Å². The Bertz CT molecular complexity index is 915. The number of fused-ring (bicyclic) bond motifs is 2. The monoisotopic (exact) mass is 289 g/mol. The molecule has 0 spiro atoms. The summed E-state index contributed by atoms with van der Waals surface area (Å²) in [5.74, 6) is -0.430. The van der Waals surface area contributed by atoms with Gasteiger partial charge in [0.05, 0.1) is 22.3 Å². The van der Waals surface area contributed by atoms with Gasteiger partial charge in [0.2, 0.25) is 0 Å². The van der Waals surface area contributed by atoms with Gasteiger partial charge in [0.1, 0.15) is 5.82 Å². The third-order valence-corrected chi connectivity index (χ3v) is 3.76. The number of hydrogen-bond donors (Lipinski definition) is 1. The number of para-hydroxylation sites is 1. The second-order valence-electron chi connectivity index (χ2n) is 5.08. The van der Waals surface area contributed by atoms with Crippen LogP contribution < -0.4 is 10.6 Å². The van der Waals surface area contributed by atoms with Crippen molar-refractivity contribution < 1.29 is 9.59 Å². The molecule has 1 aliphatic heterocycles. The fourth-order valence-corrected chi connectivity index (χ4v) is 2.68. The first-order chi connectivity index (χ1) is 10.7. The molecule has 0 unspecified atom stereocenters. The lowest BCUT2D eigenvalue weighted by molar-refractivity contribution is 0.0925. The summed E-state index contributed by atoms with van der Waals surface area (Å²) in [6, 6.07) is 15.7. The summed E-state index contributed by atoms with van der Waals surface area (Å²) in [6.45, 7) is 0. The van der Waals surface area contributed by atoms with E-state index >= 15 is 0 Å². The summed E-state index contributed by atoms with van der Waals surface area (Å²) in [6.07, 6.45) is 0. The summed E-state index contributed by atoms with van der Waals surface area (Å²) >= 11 is 0. The van der Waals surface area contributed by atoms with Crippen LogP contribution in [-0.2, 0) is 0 Å². The Hall–Kier alpha value is -3.21. The molecule has 3 aromatic rings. The number of anilines is 2. The lowest BCUT2D eigenvalue weighted by atomic mass is 10.1. The van der Waals surface area contributed by atoms with E-state index in [2.05, 4.69) is 4.98 Å². The molecule has 5 nitrogen and oxygen atoms in total. The smallest absolute Gasteiger partial charge is 0.267 e. The third kappa shape index (κ3) is 1.62. The number of nitrogens with zero attached hydrogens (tertiary/aromatic N) is 2. The van der Waals surface area contributed by atoms with E-state index in [1.54, 1.807) is 42.5 Å². The second kappa shape index (κ2) is 4.39. The molecule has 1 aliphatic rings. The Balaban J connectivity index is 1.88. The van der Waals surface area contributed by atoms with Crippen molar-refractivity contribution in [3.05, 3.63) is 65.7 Å². The Morgan fingerprint density at radius 1 is 0.818 bits per heavy atom. The highest BCUT2D eigenvalue weighted by Crippen LogP contribution is 2.29. The molecule has 0 atom stereocenters.